The molecule has 1 rings (SSSR count). The predicted octanol–water partition coefficient (Wildman–Crippen LogP) is -0.333. The van der Waals surface area contributed by atoms with Gasteiger partial charge in [0, 0.05) is 6.54 Å². The van der Waals surface area contributed by atoms with E-state index in [4.69, 9.17) is 6.42 Å². The molecule has 1 aliphatic heterocycles. The van der Waals surface area contributed by atoms with Gasteiger partial charge in [-0.15, -0.1) is 6.42 Å². The fourth-order valence-corrected chi connectivity index (χ4v) is 2.16. The van der Waals surface area contributed by atoms with Crippen LogP contribution in [0.1, 0.15) is 12.8 Å². The zero-order chi connectivity index (χ0) is 11.8. The van der Waals surface area contributed by atoms with Crippen LogP contribution in [-0.4, -0.2) is 50.6 Å². The highest BCUT2D eigenvalue weighted by molar-refractivity contribution is 5.78. The van der Waals surface area contributed by atoms with Gasteiger partial charge in [-0.1, -0.05) is 5.92 Å². The lowest BCUT2D eigenvalue weighted by Crippen LogP contribution is -2.44. The first-order valence-corrected chi connectivity index (χ1v) is 5.83. The number of amides is 1. The van der Waals surface area contributed by atoms with E-state index in [9.17, 15) is 4.79 Å². The van der Waals surface area contributed by atoms with Gasteiger partial charge in [-0.25, -0.2) is 0 Å². The molecule has 0 bridgehead atoms. The molecule has 90 valence electrons. The average molecular weight is 223 g/mol. The van der Waals surface area contributed by atoms with E-state index >= 15 is 0 Å². The van der Waals surface area contributed by atoms with Crippen molar-refractivity contribution in [2.75, 3.05) is 39.8 Å². The third-order valence-corrected chi connectivity index (χ3v) is 2.85. The van der Waals surface area contributed by atoms with Gasteiger partial charge in [0.2, 0.25) is 5.91 Å². The number of nitrogens with one attached hydrogen (secondary N) is 2. The van der Waals surface area contributed by atoms with Crippen molar-refractivity contribution in [1.82, 2.24) is 15.5 Å². The molecule has 0 aromatic rings. The van der Waals surface area contributed by atoms with Gasteiger partial charge in [0.25, 0.3) is 0 Å². The minimum Gasteiger partial charge on any atom is -0.344 e. The highest BCUT2D eigenvalue weighted by atomic mass is 16.2. The number of likely N-dealkylation sites (tertiary alicyclic amines) is 1. The van der Waals surface area contributed by atoms with Crippen molar-refractivity contribution in [2.45, 2.75) is 12.8 Å². The third-order valence-electron chi connectivity index (χ3n) is 2.85. The van der Waals surface area contributed by atoms with E-state index in [1.165, 1.54) is 12.8 Å². The maximum absolute atomic E-state index is 11.5. The number of terminal acetylenes is 1. The molecule has 4 heteroatoms. The summed E-state index contributed by atoms with van der Waals surface area (Å²) in [6, 6.07) is 0. The zero-order valence-electron chi connectivity index (χ0n) is 9.96. The molecule has 0 saturated carbocycles. The van der Waals surface area contributed by atoms with Crippen LogP contribution in [-0.2, 0) is 4.79 Å². The monoisotopic (exact) mass is 223 g/mol. The van der Waals surface area contributed by atoms with Crippen LogP contribution in [0.2, 0.25) is 0 Å². The summed E-state index contributed by atoms with van der Waals surface area (Å²) in [5.74, 6) is 3.10. The molecule has 0 aromatic carbocycles. The number of piperidine rings is 1. The van der Waals surface area contributed by atoms with Gasteiger partial charge in [-0.05, 0) is 38.9 Å². The lowest BCUT2D eigenvalue weighted by molar-refractivity contribution is -0.122. The molecule has 0 aliphatic carbocycles. The minimum absolute atomic E-state index is 0.0306. The van der Waals surface area contributed by atoms with Crippen molar-refractivity contribution in [3.8, 4) is 12.3 Å². The smallest absolute Gasteiger partial charge is 0.234 e. The highest BCUT2D eigenvalue weighted by Crippen LogP contribution is 2.14. The molecule has 1 aliphatic rings. The summed E-state index contributed by atoms with van der Waals surface area (Å²) in [6.07, 6.45) is 7.51. The van der Waals surface area contributed by atoms with E-state index in [-0.39, 0.29) is 5.91 Å². The molecule has 2 N–H and O–H groups in total. The van der Waals surface area contributed by atoms with Crippen molar-refractivity contribution in [3.05, 3.63) is 0 Å². The Morgan fingerprint density at radius 3 is 3.12 bits per heavy atom. The summed E-state index contributed by atoms with van der Waals surface area (Å²) < 4.78 is 0. The molecular formula is C12H21N3O. The summed E-state index contributed by atoms with van der Waals surface area (Å²) in [4.78, 5) is 13.7. The van der Waals surface area contributed by atoms with Gasteiger partial charge in [0.15, 0.2) is 0 Å². The molecule has 0 aromatic heterocycles. The molecular weight excluding hydrogens is 202 g/mol. The number of carbonyl (C=O) groups is 1. The second-order valence-corrected chi connectivity index (χ2v) is 4.28. The average Bonchev–Trinajstić information content (AvgIpc) is 2.27. The van der Waals surface area contributed by atoms with Crippen LogP contribution in [0.15, 0.2) is 0 Å². The molecule has 1 saturated heterocycles. The molecule has 1 heterocycles. The molecule has 0 radical (unpaired) electrons. The Hall–Kier alpha value is -1.05. The summed E-state index contributed by atoms with van der Waals surface area (Å²) in [6.45, 7) is 3.85. The summed E-state index contributed by atoms with van der Waals surface area (Å²) in [5, 5.41) is 5.89. The largest absolute Gasteiger partial charge is 0.344 e. The van der Waals surface area contributed by atoms with E-state index in [1.54, 1.807) is 0 Å². The van der Waals surface area contributed by atoms with Crippen molar-refractivity contribution < 1.29 is 4.79 Å². The maximum atomic E-state index is 11.5. The maximum Gasteiger partial charge on any atom is 0.234 e. The first-order chi connectivity index (χ1) is 7.76. The third kappa shape index (κ3) is 4.65. The van der Waals surface area contributed by atoms with Crippen molar-refractivity contribution >= 4 is 5.91 Å². The first kappa shape index (κ1) is 13.0. The second-order valence-electron chi connectivity index (χ2n) is 4.28. The quantitative estimate of drug-likeness (QED) is 0.627. The number of rotatable bonds is 5. The number of nitrogens with zero attached hydrogens (tertiary/aromatic N) is 1. The Labute approximate surface area is 97.8 Å². The topological polar surface area (TPSA) is 44.4 Å². The van der Waals surface area contributed by atoms with Crippen LogP contribution in [0.25, 0.3) is 0 Å². The van der Waals surface area contributed by atoms with E-state index < -0.39 is 0 Å². The Morgan fingerprint density at radius 2 is 2.44 bits per heavy atom. The summed E-state index contributed by atoms with van der Waals surface area (Å²) >= 11 is 0. The van der Waals surface area contributed by atoms with Crippen molar-refractivity contribution in [3.63, 3.8) is 0 Å². The van der Waals surface area contributed by atoms with Crippen LogP contribution in [0.4, 0.5) is 0 Å². The molecule has 0 spiro atoms. The minimum atomic E-state index is 0.0306. The number of hydrogen-bond donors (Lipinski definition) is 2. The van der Waals surface area contributed by atoms with Gasteiger partial charge >= 0.3 is 0 Å². The molecule has 1 unspecified atom stereocenters. The molecule has 1 amide bonds. The lowest BCUT2D eigenvalue weighted by atomic mass is 9.98. The van der Waals surface area contributed by atoms with E-state index in [1.807, 2.05) is 7.05 Å². The van der Waals surface area contributed by atoms with Crippen LogP contribution >= 0.6 is 0 Å². The fraction of sp³-hybridized carbons (Fsp3) is 0.750. The Balaban J connectivity index is 2.26. The standard InChI is InChI=1S/C12H21N3O/c1-3-6-14-12(16)10-15-7-4-5-11(9-15)8-13-2/h1,11,13H,4-10H2,2H3,(H,14,16). The van der Waals surface area contributed by atoms with Crippen LogP contribution in [0, 0.1) is 18.3 Å². The molecule has 1 fully saturated rings. The number of carbonyl (C=O) groups excluding carboxylic acids is 1. The van der Waals surface area contributed by atoms with E-state index in [0.29, 0.717) is 19.0 Å². The van der Waals surface area contributed by atoms with Crippen LogP contribution < -0.4 is 10.6 Å². The van der Waals surface area contributed by atoms with Crippen LogP contribution in [0.5, 0.6) is 0 Å². The molecule has 1 atom stereocenters. The van der Waals surface area contributed by atoms with Gasteiger partial charge in [0.1, 0.15) is 0 Å². The Morgan fingerprint density at radius 1 is 1.62 bits per heavy atom. The summed E-state index contributed by atoms with van der Waals surface area (Å²) in [5.41, 5.74) is 0. The predicted molar refractivity (Wildman–Crippen MR) is 64.9 cm³/mol. The van der Waals surface area contributed by atoms with Crippen molar-refractivity contribution in [1.29, 1.82) is 0 Å². The lowest BCUT2D eigenvalue weighted by Gasteiger charge is -2.32. The second kappa shape index (κ2) is 7.26. The van der Waals surface area contributed by atoms with Crippen LogP contribution in [0.3, 0.4) is 0 Å². The SMILES string of the molecule is C#CCNC(=O)CN1CCCC(CNC)C1. The van der Waals surface area contributed by atoms with Gasteiger partial charge in [0.05, 0.1) is 13.1 Å². The Bertz CT molecular complexity index is 257. The zero-order valence-corrected chi connectivity index (χ0v) is 9.96. The molecule has 16 heavy (non-hydrogen) atoms. The number of hydrogen-bond acceptors (Lipinski definition) is 3. The van der Waals surface area contributed by atoms with E-state index in [0.717, 1.165) is 19.6 Å². The van der Waals surface area contributed by atoms with E-state index in [2.05, 4.69) is 21.5 Å². The Kier molecular flexibility index (Phi) is 5.91. The van der Waals surface area contributed by atoms with Crippen molar-refractivity contribution in [2.24, 2.45) is 5.92 Å². The fourth-order valence-electron chi connectivity index (χ4n) is 2.16. The van der Waals surface area contributed by atoms with Gasteiger partial charge in [-0.2, -0.15) is 0 Å². The first-order valence-electron chi connectivity index (χ1n) is 5.83. The highest BCUT2D eigenvalue weighted by Gasteiger charge is 2.20. The van der Waals surface area contributed by atoms with Gasteiger partial charge in [-0.3, -0.25) is 9.69 Å². The summed E-state index contributed by atoms with van der Waals surface area (Å²) in [7, 11) is 1.97. The van der Waals surface area contributed by atoms with Gasteiger partial charge < -0.3 is 10.6 Å². The molecule has 4 nitrogen and oxygen atoms in total. The normalized spacial score (nSPS) is 21.4.